The van der Waals surface area contributed by atoms with Crippen LogP contribution in [0.2, 0.25) is 0 Å². The molecular formula is C14H22N2O4S2. The number of hydrogen-bond acceptors (Lipinski definition) is 4. The molecule has 6 nitrogen and oxygen atoms in total. The topological polar surface area (TPSA) is 83.6 Å². The lowest BCUT2D eigenvalue weighted by molar-refractivity contribution is 0.459. The van der Waals surface area contributed by atoms with E-state index in [0.717, 1.165) is 25.7 Å². The minimum absolute atomic E-state index is 0.00442. The predicted octanol–water partition coefficient (Wildman–Crippen LogP) is 1.55. The summed E-state index contributed by atoms with van der Waals surface area (Å²) in [6, 6.07) is 5.51. The standard InChI is InChI=1S/C14H22N2O4S2/c1-3-4-10-16(2)22(19,20)14-7-5-6-13(11-14)21(17,18)15-12-8-9-12/h5-7,11-12,15H,3-4,8-10H2,1-2H3. The summed E-state index contributed by atoms with van der Waals surface area (Å²) >= 11 is 0. The largest absolute Gasteiger partial charge is 0.242 e. The van der Waals surface area contributed by atoms with Crippen molar-refractivity contribution in [3.8, 4) is 0 Å². The predicted molar refractivity (Wildman–Crippen MR) is 84.5 cm³/mol. The molecular weight excluding hydrogens is 324 g/mol. The first-order valence-electron chi connectivity index (χ1n) is 7.36. The molecule has 1 saturated carbocycles. The zero-order chi connectivity index (χ0) is 16.4. The third-order valence-corrected chi connectivity index (χ3v) is 6.92. The Labute approximate surface area is 132 Å². The highest BCUT2D eigenvalue weighted by Gasteiger charge is 2.29. The Morgan fingerprint density at radius 3 is 2.41 bits per heavy atom. The minimum Gasteiger partial charge on any atom is -0.208 e. The van der Waals surface area contributed by atoms with Crippen molar-refractivity contribution in [2.24, 2.45) is 0 Å². The van der Waals surface area contributed by atoms with Crippen molar-refractivity contribution in [2.45, 2.75) is 48.4 Å². The van der Waals surface area contributed by atoms with Crippen molar-refractivity contribution < 1.29 is 16.8 Å². The maximum atomic E-state index is 12.5. The molecule has 0 atom stereocenters. The van der Waals surface area contributed by atoms with E-state index in [1.165, 1.54) is 35.6 Å². The average Bonchev–Trinajstić information content (AvgIpc) is 3.28. The van der Waals surface area contributed by atoms with Crippen LogP contribution in [0, 0.1) is 0 Å². The van der Waals surface area contributed by atoms with E-state index in [9.17, 15) is 16.8 Å². The number of sulfonamides is 2. The number of rotatable bonds is 8. The fraction of sp³-hybridized carbons (Fsp3) is 0.571. The van der Waals surface area contributed by atoms with Gasteiger partial charge >= 0.3 is 0 Å². The maximum absolute atomic E-state index is 12.5. The molecule has 0 bridgehead atoms. The monoisotopic (exact) mass is 346 g/mol. The molecule has 0 aromatic heterocycles. The first-order valence-corrected chi connectivity index (χ1v) is 10.3. The summed E-state index contributed by atoms with van der Waals surface area (Å²) in [4.78, 5) is -0.00542. The van der Waals surface area contributed by atoms with Crippen LogP contribution in [-0.4, -0.2) is 40.8 Å². The van der Waals surface area contributed by atoms with Gasteiger partial charge in [-0.25, -0.2) is 25.9 Å². The molecule has 22 heavy (non-hydrogen) atoms. The van der Waals surface area contributed by atoms with Crippen LogP contribution in [0.15, 0.2) is 34.1 Å². The third-order valence-electron chi connectivity index (χ3n) is 3.55. The van der Waals surface area contributed by atoms with Gasteiger partial charge in [0.1, 0.15) is 0 Å². The fourth-order valence-electron chi connectivity index (χ4n) is 1.97. The van der Waals surface area contributed by atoms with Gasteiger partial charge in [-0.3, -0.25) is 0 Å². The molecule has 1 aliphatic carbocycles. The SMILES string of the molecule is CCCCN(C)S(=O)(=O)c1cccc(S(=O)(=O)NC2CC2)c1. The van der Waals surface area contributed by atoms with Gasteiger partial charge in [-0.15, -0.1) is 0 Å². The minimum atomic E-state index is -3.67. The van der Waals surface area contributed by atoms with Crippen molar-refractivity contribution >= 4 is 20.0 Å². The van der Waals surface area contributed by atoms with E-state index in [4.69, 9.17) is 0 Å². The van der Waals surface area contributed by atoms with Gasteiger partial charge in [0.15, 0.2) is 0 Å². The maximum Gasteiger partial charge on any atom is 0.242 e. The Balaban J connectivity index is 2.27. The molecule has 0 heterocycles. The Morgan fingerprint density at radius 1 is 1.18 bits per heavy atom. The van der Waals surface area contributed by atoms with E-state index < -0.39 is 20.0 Å². The quantitative estimate of drug-likeness (QED) is 0.774. The Kier molecular flexibility index (Phi) is 5.26. The zero-order valence-electron chi connectivity index (χ0n) is 12.8. The first kappa shape index (κ1) is 17.4. The smallest absolute Gasteiger partial charge is 0.208 e. The van der Waals surface area contributed by atoms with Crippen molar-refractivity contribution in [1.29, 1.82) is 0 Å². The molecule has 0 saturated heterocycles. The van der Waals surface area contributed by atoms with Gasteiger partial charge in [-0.05, 0) is 37.5 Å². The van der Waals surface area contributed by atoms with Gasteiger partial charge in [0.05, 0.1) is 9.79 Å². The van der Waals surface area contributed by atoms with E-state index >= 15 is 0 Å². The summed E-state index contributed by atoms with van der Waals surface area (Å²) in [5, 5.41) is 0. The summed E-state index contributed by atoms with van der Waals surface area (Å²) in [7, 11) is -5.81. The van der Waals surface area contributed by atoms with E-state index in [1.54, 1.807) is 0 Å². The molecule has 1 aliphatic rings. The summed E-state index contributed by atoms with van der Waals surface area (Å²) in [6.07, 6.45) is 3.31. The molecule has 124 valence electrons. The molecule has 0 unspecified atom stereocenters. The summed E-state index contributed by atoms with van der Waals surface area (Å²) < 4.78 is 53.1. The second-order valence-corrected chi connectivity index (χ2v) is 9.31. The van der Waals surface area contributed by atoms with Crippen LogP contribution in [0.3, 0.4) is 0 Å². The van der Waals surface area contributed by atoms with Gasteiger partial charge in [0.25, 0.3) is 0 Å². The second-order valence-electron chi connectivity index (χ2n) is 5.55. The van der Waals surface area contributed by atoms with Crippen LogP contribution in [0.5, 0.6) is 0 Å². The van der Waals surface area contributed by atoms with E-state index in [2.05, 4.69) is 4.72 Å². The van der Waals surface area contributed by atoms with Crippen LogP contribution in [0.25, 0.3) is 0 Å². The Hall–Kier alpha value is -0.960. The van der Waals surface area contributed by atoms with E-state index in [1.807, 2.05) is 6.92 Å². The van der Waals surface area contributed by atoms with Crippen LogP contribution in [0.4, 0.5) is 0 Å². The highest BCUT2D eigenvalue weighted by molar-refractivity contribution is 7.90. The van der Waals surface area contributed by atoms with Crippen LogP contribution < -0.4 is 4.72 Å². The molecule has 0 radical (unpaired) electrons. The van der Waals surface area contributed by atoms with Crippen LogP contribution in [0.1, 0.15) is 32.6 Å². The fourth-order valence-corrected chi connectivity index (χ4v) is 4.65. The summed E-state index contributed by atoms with van der Waals surface area (Å²) in [6.45, 7) is 2.40. The number of benzene rings is 1. The number of nitrogens with one attached hydrogen (secondary N) is 1. The summed E-state index contributed by atoms with van der Waals surface area (Å²) in [5.74, 6) is 0. The normalized spacial score (nSPS) is 16.1. The molecule has 0 spiro atoms. The van der Waals surface area contributed by atoms with Gasteiger partial charge in [0, 0.05) is 19.6 Å². The van der Waals surface area contributed by atoms with E-state index in [0.29, 0.717) is 6.54 Å². The summed E-state index contributed by atoms with van der Waals surface area (Å²) in [5.41, 5.74) is 0. The number of nitrogens with zero attached hydrogens (tertiary/aromatic N) is 1. The molecule has 8 heteroatoms. The van der Waals surface area contributed by atoms with Crippen molar-refractivity contribution in [1.82, 2.24) is 9.03 Å². The molecule has 1 N–H and O–H groups in total. The van der Waals surface area contributed by atoms with Crippen LogP contribution in [-0.2, 0) is 20.0 Å². The average molecular weight is 346 g/mol. The lowest BCUT2D eigenvalue weighted by Gasteiger charge is -2.17. The van der Waals surface area contributed by atoms with Crippen molar-refractivity contribution in [3.05, 3.63) is 24.3 Å². The lowest BCUT2D eigenvalue weighted by atomic mass is 10.3. The molecule has 2 rings (SSSR count). The van der Waals surface area contributed by atoms with Gasteiger partial charge in [-0.2, -0.15) is 0 Å². The highest BCUT2D eigenvalue weighted by Crippen LogP contribution is 2.24. The van der Waals surface area contributed by atoms with Gasteiger partial charge in [-0.1, -0.05) is 19.4 Å². The molecule has 1 fully saturated rings. The molecule has 0 amide bonds. The number of hydrogen-bond donors (Lipinski definition) is 1. The molecule has 0 aliphatic heterocycles. The van der Waals surface area contributed by atoms with Crippen molar-refractivity contribution in [3.63, 3.8) is 0 Å². The van der Waals surface area contributed by atoms with Gasteiger partial charge in [0.2, 0.25) is 20.0 Å². The Bertz CT molecular complexity index is 725. The van der Waals surface area contributed by atoms with Crippen LogP contribution >= 0.6 is 0 Å². The second kappa shape index (κ2) is 6.66. The highest BCUT2D eigenvalue weighted by atomic mass is 32.2. The Morgan fingerprint density at radius 2 is 1.82 bits per heavy atom. The van der Waals surface area contributed by atoms with E-state index in [-0.39, 0.29) is 15.8 Å². The molecule has 1 aromatic rings. The first-order chi connectivity index (χ1) is 10.3. The number of unbranched alkanes of at least 4 members (excludes halogenated alkanes) is 1. The zero-order valence-corrected chi connectivity index (χ0v) is 14.5. The van der Waals surface area contributed by atoms with Crippen molar-refractivity contribution in [2.75, 3.05) is 13.6 Å². The third kappa shape index (κ3) is 4.07. The lowest BCUT2D eigenvalue weighted by Crippen LogP contribution is -2.29. The van der Waals surface area contributed by atoms with Gasteiger partial charge < -0.3 is 0 Å². The molecule has 1 aromatic carbocycles.